The Labute approximate surface area is 165 Å². The summed E-state index contributed by atoms with van der Waals surface area (Å²) < 4.78 is 0. The second kappa shape index (κ2) is 7.62. The molecule has 1 heterocycles. The summed E-state index contributed by atoms with van der Waals surface area (Å²) in [6, 6.07) is 9.24. The molecule has 2 saturated carbocycles. The van der Waals surface area contributed by atoms with Crippen LogP contribution in [0.25, 0.3) is 5.57 Å². The topological polar surface area (TPSA) is 6.48 Å². The molecule has 4 aliphatic rings. The number of nitrogens with zero attached hydrogens (tertiary/aromatic N) is 2. The summed E-state index contributed by atoms with van der Waals surface area (Å²) in [4.78, 5) is 5.36. The van der Waals surface area contributed by atoms with Crippen molar-refractivity contribution in [3.63, 3.8) is 0 Å². The molecule has 0 bridgehead atoms. The van der Waals surface area contributed by atoms with Crippen LogP contribution in [0.3, 0.4) is 0 Å². The molecule has 0 unspecified atom stereocenters. The Morgan fingerprint density at radius 3 is 2.37 bits per heavy atom. The van der Waals surface area contributed by atoms with Crippen LogP contribution < -0.4 is 4.90 Å². The lowest BCUT2D eigenvalue weighted by molar-refractivity contribution is 0.172. The SMILES string of the molecule is C1=C(c2ccccc2N2CCN(CC3CC3)CC2)CCC2(C1)CCCCC2. The number of rotatable bonds is 4. The molecule has 0 atom stereocenters. The van der Waals surface area contributed by atoms with Crippen LogP contribution in [-0.2, 0) is 0 Å². The molecule has 146 valence electrons. The van der Waals surface area contributed by atoms with Crippen molar-refractivity contribution in [2.24, 2.45) is 11.3 Å². The summed E-state index contributed by atoms with van der Waals surface area (Å²) in [5.41, 5.74) is 5.31. The van der Waals surface area contributed by atoms with Crippen LogP contribution in [-0.4, -0.2) is 37.6 Å². The van der Waals surface area contributed by atoms with E-state index in [1.54, 1.807) is 5.57 Å². The minimum atomic E-state index is 0.658. The molecular weight excluding hydrogens is 328 g/mol. The number of piperazine rings is 1. The first-order valence-electron chi connectivity index (χ1n) is 11.6. The zero-order chi connectivity index (χ0) is 18.1. The third-order valence-electron chi connectivity index (χ3n) is 7.80. The smallest absolute Gasteiger partial charge is 0.0443 e. The van der Waals surface area contributed by atoms with Gasteiger partial charge in [0, 0.05) is 44.0 Å². The van der Waals surface area contributed by atoms with Gasteiger partial charge in [-0.15, -0.1) is 0 Å². The van der Waals surface area contributed by atoms with Gasteiger partial charge in [-0.25, -0.2) is 0 Å². The van der Waals surface area contributed by atoms with Gasteiger partial charge in [0.15, 0.2) is 0 Å². The lowest BCUT2D eigenvalue weighted by atomic mass is 9.65. The van der Waals surface area contributed by atoms with Gasteiger partial charge < -0.3 is 4.90 Å². The number of benzene rings is 1. The molecular formula is C25H36N2. The van der Waals surface area contributed by atoms with Crippen LogP contribution in [0, 0.1) is 11.3 Å². The van der Waals surface area contributed by atoms with E-state index < -0.39 is 0 Å². The van der Waals surface area contributed by atoms with Gasteiger partial charge in [0.05, 0.1) is 0 Å². The van der Waals surface area contributed by atoms with Crippen molar-refractivity contribution in [1.82, 2.24) is 4.90 Å². The molecule has 3 fully saturated rings. The molecule has 1 saturated heterocycles. The highest BCUT2D eigenvalue weighted by Gasteiger charge is 2.34. The largest absolute Gasteiger partial charge is 0.368 e. The van der Waals surface area contributed by atoms with Crippen LogP contribution in [0.2, 0.25) is 0 Å². The van der Waals surface area contributed by atoms with Gasteiger partial charge in [-0.2, -0.15) is 0 Å². The normalized spacial score (nSPS) is 26.2. The first kappa shape index (κ1) is 17.8. The molecule has 1 aliphatic heterocycles. The van der Waals surface area contributed by atoms with Crippen molar-refractivity contribution in [2.45, 2.75) is 64.2 Å². The highest BCUT2D eigenvalue weighted by molar-refractivity contribution is 5.77. The van der Waals surface area contributed by atoms with Crippen LogP contribution >= 0.6 is 0 Å². The van der Waals surface area contributed by atoms with Crippen molar-refractivity contribution in [3.05, 3.63) is 35.9 Å². The summed E-state index contributed by atoms with van der Waals surface area (Å²) in [5, 5.41) is 0. The summed E-state index contributed by atoms with van der Waals surface area (Å²) in [6.45, 7) is 6.23. The molecule has 1 aromatic rings. The van der Waals surface area contributed by atoms with Crippen LogP contribution in [0.15, 0.2) is 30.3 Å². The molecule has 5 rings (SSSR count). The van der Waals surface area contributed by atoms with E-state index in [1.807, 2.05) is 0 Å². The predicted molar refractivity (Wildman–Crippen MR) is 115 cm³/mol. The minimum absolute atomic E-state index is 0.658. The molecule has 2 heteroatoms. The average molecular weight is 365 g/mol. The van der Waals surface area contributed by atoms with Gasteiger partial charge >= 0.3 is 0 Å². The fourth-order valence-corrected chi connectivity index (χ4v) is 5.80. The predicted octanol–water partition coefficient (Wildman–Crippen LogP) is 5.74. The van der Waals surface area contributed by atoms with Crippen LogP contribution in [0.5, 0.6) is 0 Å². The average Bonchev–Trinajstić information content (AvgIpc) is 3.54. The lowest BCUT2D eigenvalue weighted by Gasteiger charge is -2.41. The molecule has 2 nitrogen and oxygen atoms in total. The van der Waals surface area contributed by atoms with Gasteiger partial charge in [-0.1, -0.05) is 43.5 Å². The number of hydrogen-bond donors (Lipinski definition) is 0. The van der Waals surface area contributed by atoms with Gasteiger partial charge in [0.1, 0.15) is 0 Å². The number of allylic oxidation sites excluding steroid dienone is 2. The van der Waals surface area contributed by atoms with E-state index in [9.17, 15) is 0 Å². The Balaban J connectivity index is 1.28. The first-order valence-corrected chi connectivity index (χ1v) is 11.6. The molecule has 0 radical (unpaired) electrons. The van der Waals surface area contributed by atoms with Crippen LogP contribution in [0.1, 0.15) is 69.8 Å². The maximum Gasteiger partial charge on any atom is 0.0443 e. The summed E-state index contributed by atoms with van der Waals surface area (Å²) in [6.07, 6.45) is 16.9. The summed E-state index contributed by atoms with van der Waals surface area (Å²) in [7, 11) is 0. The second-order valence-corrected chi connectivity index (χ2v) is 9.74. The van der Waals surface area contributed by atoms with E-state index in [1.165, 1.54) is 108 Å². The van der Waals surface area contributed by atoms with Gasteiger partial charge in [-0.3, -0.25) is 4.90 Å². The second-order valence-electron chi connectivity index (χ2n) is 9.74. The Hall–Kier alpha value is -1.28. The lowest BCUT2D eigenvalue weighted by Crippen LogP contribution is -2.47. The third kappa shape index (κ3) is 3.97. The summed E-state index contributed by atoms with van der Waals surface area (Å²) in [5.74, 6) is 1.02. The minimum Gasteiger partial charge on any atom is -0.368 e. The molecule has 0 N–H and O–H groups in total. The first-order chi connectivity index (χ1) is 13.3. The molecule has 0 aromatic heterocycles. The van der Waals surface area contributed by atoms with Crippen molar-refractivity contribution < 1.29 is 0 Å². The number of anilines is 1. The Kier molecular flexibility index (Phi) is 5.02. The van der Waals surface area contributed by atoms with E-state index >= 15 is 0 Å². The summed E-state index contributed by atoms with van der Waals surface area (Å²) >= 11 is 0. The van der Waals surface area contributed by atoms with Crippen molar-refractivity contribution in [2.75, 3.05) is 37.6 Å². The fraction of sp³-hybridized carbons (Fsp3) is 0.680. The maximum atomic E-state index is 2.70. The quantitative estimate of drug-likeness (QED) is 0.672. The highest BCUT2D eigenvalue weighted by atomic mass is 15.3. The molecule has 3 aliphatic carbocycles. The number of para-hydroxylation sites is 1. The Morgan fingerprint density at radius 2 is 1.67 bits per heavy atom. The Morgan fingerprint density at radius 1 is 0.889 bits per heavy atom. The molecule has 0 amide bonds. The van der Waals surface area contributed by atoms with Gasteiger partial charge in [-0.05, 0) is 67.9 Å². The number of hydrogen-bond acceptors (Lipinski definition) is 2. The van der Waals surface area contributed by atoms with Gasteiger partial charge in [0.25, 0.3) is 0 Å². The maximum absolute atomic E-state index is 2.70. The van der Waals surface area contributed by atoms with Crippen LogP contribution in [0.4, 0.5) is 5.69 Å². The molecule has 1 spiro atoms. The van der Waals surface area contributed by atoms with E-state index in [4.69, 9.17) is 0 Å². The Bertz CT molecular complexity index is 673. The molecule has 1 aromatic carbocycles. The zero-order valence-corrected chi connectivity index (χ0v) is 17.0. The van der Waals surface area contributed by atoms with Gasteiger partial charge in [0.2, 0.25) is 0 Å². The standard InChI is InChI=1S/C25H36N2/c1-4-12-25(13-5-1)14-10-22(11-15-25)23-6-2-3-7-24(23)27-18-16-26(17-19-27)20-21-8-9-21/h2-3,6-7,10,21H,1,4-5,8-9,11-20H2. The monoisotopic (exact) mass is 364 g/mol. The molecule has 27 heavy (non-hydrogen) atoms. The van der Waals surface area contributed by atoms with E-state index in [0.717, 1.165) is 5.92 Å². The van der Waals surface area contributed by atoms with Crippen molar-refractivity contribution in [1.29, 1.82) is 0 Å². The van der Waals surface area contributed by atoms with Crippen molar-refractivity contribution in [3.8, 4) is 0 Å². The zero-order valence-electron chi connectivity index (χ0n) is 17.0. The third-order valence-corrected chi connectivity index (χ3v) is 7.80. The van der Waals surface area contributed by atoms with Crippen molar-refractivity contribution >= 4 is 11.3 Å². The van der Waals surface area contributed by atoms with E-state index in [0.29, 0.717) is 5.41 Å². The highest BCUT2D eigenvalue weighted by Crippen LogP contribution is 2.49. The van der Waals surface area contributed by atoms with E-state index in [-0.39, 0.29) is 0 Å². The van der Waals surface area contributed by atoms with E-state index in [2.05, 4.69) is 40.1 Å². The fourth-order valence-electron chi connectivity index (χ4n) is 5.80.